The molecule has 3 rings (SSSR count). The molecular weight excluding hydrogens is 224 g/mol. The summed E-state index contributed by atoms with van der Waals surface area (Å²) in [5.41, 5.74) is 2.06. The van der Waals surface area contributed by atoms with Crippen molar-refractivity contribution in [2.45, 2.75) is 0 Å². The van der Waals surface area contributed by atoms with Gasteiger partial charge in [-0.1, -0.05) is 0 Å². The van der Waals surface area contributed by atoms with Gasteiger partial charge in [0.15, 0.2) is 0 Å². The van der Waals surface area contributed by atoms with Crippen LogP contribution in [0.25, 0.3) is 0 Å². The van der Waals surface area contributed by atoms with Gasteiger partial charge in [0.1, 0.15) is 5.84 Å². The number of allylic oxidation sites excluding steroid dienone is 1. The van der Waals surface area contributed by atoms with Gasteiger partial charge in [0.05, 0.1) is 18.8 Å². The maximum absolute atomic E-state index is 4.52. The largest absolute Gasteiger partial charge is 0.265 e. The number of rotatable bonds is 1. The van der Waals surface area contributed by atoms with Crippen molar-refractivity contribution >= 4 is 24.0 Å². The van der Waals surface area contributed by atoms with Gasteiger partial charge >= 0.3 is 0 Å². The molecule has 1 aromatic rings. The molecule has 3 heterocycles. The average molecular weight is 235 g/mol. The van der Waals surface area contributed by atoms with E-state index in [4.69, 9.17) is 0 Å². The van der Waals surface area contributed by atoms with Gasteiger partial charge in [-0.2, -0.15) is 5.10 Å². The number of nitrogens with zero attached hydrogens (tertiary/aromatic N) is 4. The Labute approximate surface area is 99.8 Å². The lowest BCUT2D eigenvalue weighted by Gasteiger charge is -2.17. The molecule has 0 radical (unpaired) electrons. The molecular formula is C11H11ClN4. The summed E-state index contributed by atoms with van der Waals surface area (Å²) in [4.78, 5) is 8.31. The highest BCUT2D eigenvalue weighted by molar-refractivity contribution is 6.14. The molecule has 0 spiro atoms. The zero-order chi connectivity index (χ0) is 10.1. The summed E-state index contributed by atoms with van der Waals surface area (Å²) in [6, 6.07) is 3.92. The van der Waals surface area contributed by atoms with Crippen LogP contribution in [0.15, 0.2) is 46.8 Å². The Bertz CT molecular complexity index is 464. The molecule has 0 fully saturated rings. The standard InChI is InChI=1S/C11H10N4.ClH/c1-2-11-13-7-8-15(11)14-10(1)9-3-5-12-6-4-9;/h1-6H,7-8H2;1H. The molecule has 2 aliphatic heterocycles. The Balaban J connectivity index is 0.000000963. The minimum atomic E-state index is 0. The van der Waals surface area contributed by atoms with E-state index in [1.807, 2.05) is 29.3 Å². The van der Waals surface area contributed by atoms with Crippen LogP contribution in [0.4, 0.5) is 0 Å². The van der Waals surface area contributed by atoms with E-state index in [1.54, 1.807) is 12.4 Å². The third kappa shape index (κ3) is 1.84. The number of aromatic nitrogens is 1. The third-order valence-electron chi connectivity index (χ3n) is 2.44. The van der Waals surface area contributed by atoms with Crippen molar-refractivity contribution in [3.05, 3.63) is 42.2 Å². The first-order valence-electron chi connectivity index (χ1n) is 4.92. The molecule has 0 aromatic carbocycles. The normalized spacial score (nSPS) is 17.4. The second kappa shape index (κ2) is 4.45. The van der Waals surface area contributed by atoms with Crippen molar-refractivity contribution in [1.82, 2.24) is 9.99 Å². The molecule has 0 saturated heterocycles. The maximum Gasteiger partial charge on any atom is 0.144 e. The Hall–Kier alpha value is -1.68. The lowest BCUT2D eigenvalue weighted by atomic mass is 10.1. The molecule has 0 atom stereocenters. The van der Waals surface area contributed by atoms with Gasteiger partial charge in [0.25, 0.3) is 0 Å². The van der Waals surface area contributed by atoms with Crippen LogP contribution in [-0.2, 0) is 0 Å². The number of pyridine rings is 1. The molecule has 0 aliphatic carbocycles. The molecule has 0 unspecified atom stereocenters. The molecule has 0 N–H and O–H groups in total. The first-order valence-corrected chi connectivity index (χ1v) is 4.92. The molecule has 16 heavy (non-hydrogen) atoms. The highest BCUT2D eigenvalue weighted by Gasteiger charge is 2.18. The van der Waals surface area contributed by atoms with Crippen LogP contribution < -0.4 is 0 Å². The van der Waals surface area contributed by atoms with Crippen LogP contribution in [0.1, 0.15) is 5.56 Å². The molecule has 0 saturated carbocycles. The van der Waals surface area contributed by atoms with Crippen LogP contribution in [0.5, 0.6) is 0 Å². The smallest absolute Gasteiger partial charge is 0.144 e. The Morgan fingerprint density at radius 1 is 1.12 bits per heavy atom. The monoisotopic (exact) mass is 234 g/mol. The fraction of sp³-hybridized carbons (Fsp3) is 0.182. The molecule has 82 valence electrons. The molecule has 2 aliphatic rings. The number of hydrogen-bond donors (Lipinski definition) is 0. The Morgan fingerprint density at radius 2 is 1.94 bits per heavy atom. The van der Waals surface area contributed by atoms with E-state index in [-0.39, 0.29) is 12.4 Å². The minimum absolute atomic E-state index is 0. The third-order valence-corrected chi connectivity index (χ3v) is 2.44. The SMILES string of the molecule is C1=CC2=NCCN2N=C1c1ccncc1.Cl. The van der Waals surface area contributed by atoms with Crippen LogP contribution in [0.2, 0.25) is 0 Å². The first-order chi connectivity index (χ1) is 7.43. The zero-order valence-electron chi connectivity index (χ0n) is 8.58. The number of halogens is 1. The van der Waals surface area contributed by atoms with Crippen molar-refractivity contribution in [2.24, 2.45) is 10.1 Å². The van der Waals surface area contributed by atoms with E-state index in [0.29, 0.717) is 0 Å². The fourth-order valence-corrected chi connectivity index (χ4v) is 1.69. The van der Waals surface area contributed by atoms with E-state index < -0.39 is 0 Å². The summed E-state index contributed by atoms with van der Waals surface area (Å²) in [6.07, 6.45) is 7.56. The van der Waals surface area contributed by atoms with Gasteiger partial charge in [-0.25, -0.2) is 5.01 Å². The number of hydrogen-bond acceptors (Lipinski definition) is 4. The molecule has 1 aromatic heterocycles. The van der Waals surface area contributed by atoms with E-state index in [1.165, 1.54) is 0 Å². The summed E-state index contributed by atoms with van der Waals surface area (Å²) in [5.74, 6) is 0.966. The van der Waals surface area contributed by atoms with Crippen molar-refractivity contribution in [3.63, 3.8) is 0 Å². The van der Waals surface area contributed by atoms with Gasteiger partial charge in [-0.3, -0.25) is 9.98 Å². The first kappa shape index (κ1) is 10.8. The summed E-state index contributed by atoms with van der Waals surface area (Å²) >= 11 is 0. The lowest BCUT2D eigenvalue weighted by molar-refractivity contribution is 0.490. The molecule has 0 bridgehead atoms. The summed E-state index contributed by atoms with van der Waals surface area (Å²) in [5, 5.41) is 6.46. The van der Waals surface area contributed by atoms with Crippen LogP contribution in [0, 0.1) is 0 Å². The topological polar surface area (TPSA) is 40.9 Å². The van der Waals surface area contributed by atoms with Crippen molar-refractivity contribution in [3.8, 4) is 0 Å². The zero-order valence-corrected chi connectivity index (χ0v) is 9.39. The number of hydrazone groups is 1. The van der Waals surface area contributed by atoms with Gasteiger partial charge < -0.3 is 0 Å². The highest BCUT2D eigenvalue weighted by atomic mass is 35.5. The quantitative estimate of drug-likeness (QED) is 0.739. The van der Waals surface area contributed by atoms with E-state index in [2.05, 4.69) is 15.1 Å². The van der Waals surface area contributed by atoms with Crippen molar-refractivity contribution in [2.75, 3.05) is 13.1 Å². The predicted molar refractivity (Wildman–Crippen MR) is 66.2 cm³/mol. The highest BCUT2D eigenvalue weighted by Crippen LogP contribution is 2.12. The second-order valence-corrected chi connectivity index (χ2v) is 3.42. The number of amidine groups is 1. The molecule has 0 amide bonds. The minimum Gasteiger partial charge on any atom is -0.265 e. The van der Waals surface area contributed by atoms with Crippen LogP contribution in [0.3, 0.4) is 0 Å². The van der Waals surface area contributed by atoms with Gasteiger partial charge in [-0.05, 0) is 24.3 Å². The second-order valence-electron chi connectivity index (χ2n) is 3.42. The molecule has 4 nitrogen and oxygen atoms in total. The summed E-state index contributed by atoms with van der Waals surface area (Å²) < 4.78 is 0. The summed E-state index contributed by atoms with van der Waals surface area (Å²) in [6.45, 7) is 1.72. The van der Waals surface area contributed by atoms with Crippen molar-refractivity contribution < 1.29 is 0 Å². The van der Waals surface area contributed by atoms with Crippen LogP contribution in [-0.4, -0.2) is 34.6 Å². The fourth-order valence-electron chi connectivity index (χ4n) is 1.69. The van der Waals surface area contributed by atoms with Gasteiger partial charge in [0, 0.05) is 18.0 Å². The lowest BCUT2D eigenvalue weighted by Crippen LogP contribution is -2.25. The van der Waals surface area contributed by atoms with E-state index in [0.717, 1.165) is 30.2 Å². The van der Waals surface area contributed by atoms with Crippen LogP contribution >= 0.6 is 12.4 Å². The Kier molecular flexibility index (Phi) is 3.01. The van der Waals surface area contributed by atoms with Gasteiger partial charge in [0.2, 0.25) is 0 Å². The Morgan fingerprint density at radius 3 is 2.75 bits per heavy atom. The molecule has 5 heteroatoms. The maximum atomic E-state index is 4.52. The van der Waals surface area contributed by atoms with E-state index >= 15 is 0 Å². The van der Waals surface area contributed by atoms with E-state index in [9.17, 15) is 0 Å². The van der Waals surface area contributed by atoms with Crippen molar-refractivity contribution in [1.29, 1.82) is 0 Å². The number of fused-ring (bicyclic) bond motifs is 1. The number of aliphatic imine (C=N–C) groups is 1. The summed E-state index contributed by atoms with van der Waals surface area (Å²) in [7, 11) is 0. The van der Waals surface area contributed by atoms with Gasteiger partial charge in [-0.15, -0.1) is 12.4 Å². The average Bonchev–Trinajstić information content (AvgIpc) is 2.77. The predicted octanol–water partition coefficient (Wildman–Crippen LogP) is 1.49.